The molecular formula is C20H24N2. The number of fused-ring (bicyclic) bond motifs is 1. The van der Waals surface area contributed by atoms with Gasteiger partial charge in [-0.25, -0.2) is 4.98 Å². The van der Waals surface area contributed by atoms with Crippen molar-refractivity contribution in [2.75, 3.05) is 0 Å². The van der Waals surface area contributed by atoms with Crippen LogP contribution in [0.4, 0.5) is 0 Å². The van der Waals surface area contributed by atoms with Crippen LogP contribution in [0.5, 0.6) is 0 Å². The van der Waals surface area contributed by atoms with Crippen LogP contribution in [-0.2, 0) is 5.41 Å². The lowest BCUT2D eigenvalue weighted by Crippen LogP contribution is -2.21. The van der Waals surface area contributed by atoms with Gasteiger partial charge in [-0.2, -0.15) is 0 Å². The molecule has 0 amide bonds. The van der Waals surface area contributed by atoms with Crippen molar-refractivity contribution in [3.63, 3.8) is 0 Å². The summed E-state index contributed by atoms with van der Waals surface area (Å²) in [4.78, 5) is 4.67. The van der Waals surface area contributed by atoms with E-state index in [9.17, 15) is 0 Å². The Morgan fingerprint density at radius 3 is 2.41 bits per heavy atom. The number of rotatable bonds is 3. The maximum absolute atomic E-state index is 4.67. The second-order valence-electron chi connectivity index (χ2n) is 6.90. The van der Waals surface area contributed by atoms with Gasteiger partial charge in [0, 0.05) is 22.7 Å². The fourth-order valence-corrected chi connectivity index (χ4v) is 3.19. The summed E-state index contributed by atoms with van der Waals surface area (Å²) in [6.07, 6.45) is 2.94. The molecule has 3 aromatic rings. The van der Waals surface area contributed by atoms with Crippen molar-refractivity contribution in [3.05, 3.63) is 66.0 Å². The van der Waals surface area contributed by atoms with Gasteiger partial charge in [0.15, 0.2) is 0 Å². The number of hydrogen-bond donors (Lipinski definition) is 0. The van der Waals surface area contributed by atoms with Gasteiger partial charge in [-0.3, -0.25) is 0 Å². The van der Waals surface area contributed by atoms with Crippen LogP contribution in [-0.4, -0.2) is 9.55 Å². The van der Waals surface area contributed by atoms with Crippen LogP contribution in [0.3, 0.4) is 0 Å². The number of benzene rings is 1. The molecule has 114 valence electrons. The first-order valence-corrected chi connectivity index (χ1v) is 8.03. The molecule has 2 heteroatoms. The molecule has 0 fully saturated rings. The van der Waals surface area contributed by atoms with E-state index in [0.717, 1.165) is 12.1 Å². The van der Waals surface area contributed by atoms with Crippen LogP contribution in [0, 0.1) is 0 Å². The summed E-state index contributed by atoms with van der Waals surface area (Å²) >= 11 is 0. The quantitative estimate of drug-likeness (QED) is 0.637. The summed E-state index contributed by atoms with van der Waals surface area (Å²) in [5, 5.41) is 1.22. The summed E-state index contributed by atoms with van der Waals surface area (Å²) in [5.74, 6) is 0. The van der Waals surface area contributed by atoms with Crippen LogP contribution in [0.1, 0.15) is 51.4 Å². The van der Waals surface area contributed by atoms with Crippen molar-refractivity contribution >= 4 is 11.0 Å². The Balaban J connectivity index is 2.28. The minimum atomic E-state index is 0.0862. The SMILES string of the molecule is CC[C@H](c1ccccc1)n1c(C(C)(C)C)cc2cccnc21. The van der Waals surface area contributed by atoms with Crippen LogP contribution in [0.15, 0.2) is 54.7 Å². The number of hydrogen-bond acceptors (Lipinski definition) is 1. The zero-order chi connectivity index (χ0) is 15.7. The van der Waals surface area contributed by atoms with Gasteiger partial charge in [-0.05, 0) is 30.2 Å². The largest absolute Gasteiger partial charge is 0.322 e. The van der Waals surface area contributed by atoms with E-state index in [1.54, 1.807) is 0 Å². The monoisotopic (exact) mass is 292 g/mol. The predicted molar refractivity (Wildman–Crippen MR) is 93.3 cm³/mol. The molecule has 22 heavy (non-hydrogen) atoms. The lowest BCUT2D eigenvalue weighted by Gasteiger charge is -2.27. The third-order valence-corrected chi connectivity index (χ3v) is 4.25. The molecule has 0 spiro atoms. The van der Waals surface area contributed by atoms with Crippen molar-refractivity contribution in [2.45, 2.75) is 45.6 Å². The van der Waals surface area contributed by atoms with Crippen molar-refractivity contribution < 1.29 is 0 Å². The fraction of sp³-hybridized carbons (Fsp3) is 0.350. The lowest BCUT2D eigenvalue weighted by molar-refractivity contribution is 0.482. The summed E-state index contributed by atoms with van der Waals surface area (Å²) in [5.41, 5.74) is 3.86. The van der Waals surface area contributed by atoms with E-state index in [1.807, 2.05) is 12.3 Å². The van der Waals surface area contributed by atoms with E-state index in [0.29, 0.717) is 6.04 Å². The Kier molecular flexibility index (Phi) is 3.78. The van der Waals surface area contributed by atoms with Gasteiger partial charge in [0.05, 0.1) is 6.04 Å². The van der Waals surface area contributed by atoms with Crippen molar-refractivity contribution in [1.29, 1.82) is 0 Å². The van der Waals surface area contributed by atoms with E-state index in [4.69, 9.17) is 0 Å². The number of pyridine rings is 1. The second-order valence-corrected chi connectivity index (χ2v) is 6.90. The van der Waals surface area contributed by atoms with Gasteiger partial charge in [-0.15, -0.1) is 0 Å². The van der Waals surface area contributed by atoms with E-state index in [1.165, 1.54) is 16.6 Å². The fourth-order valence-electron chi connectivity index (χ4n) is 3.19. The first kappa shape index (κ1) is 14.8. The van der Waals surface area contributed by atoms with E-state index in [2.05, 4.69) is 79.7 Å². The molecule has 0 radical (unpaired) electrons. The summed E-state index contributed by atoms with van der Waals surface area (Å²) in [7, 11) is 0. The topological polar surface area (TPSA) is 17.8 Å². The van der Waals surface area contributed by atoms with E-state index < -0.39 is 0 Å². The number of nitrogens with zero attached hydrogens (tertiary/aromatic N) is 2. The molecule has 2 nitrogen and oxygen atoms in total. The van der Waals surface area contributed by atoms with Gasteiger partial charge in [-0.1, -0.05) is 58.0 Å². The van der Waals surface area contributed by atoms with Crippen molar-refractivity contribution in [3.8, 4) is 0 Å². The zero-order valence-electron chi connectivity index (χ0n) is 13.9. The summed E-state index contributed by atoms with van der Waals surface area (Å²) in [6.45, 7) is 9.07. The molecule has 2 aromatic heterocycles. The highest BCUT2D eigenvalue weighted by Gasteiger charge is 2.25. The summed E-state index contributed by atoms with van der Waals surface area (Å²) < 4.78 is 2.44. The Morgan fingerprint density at radius 1 is 1.05 bits per heavy atom. The maximum Gasteiger partial charge on any atom is 0.140 e. The van der Waals surface area contributed by atoms with Gasteiger partial charge >= 0.3 is 0 Å². The molecule has 0 aliphatic heterocycles. The second kappa shape index (κ2) is 5.60. The average molecular weight is 292 g/mol. The Morgan fingerprint density at radius 2 is 1.77 bits per heavy atom. The molecule has 0 unspecified atom stereocenters. The first-order chi connectivity index (χ1) is 10.5. The van der Waals surface area contributed by atoms with Crippen LogP contribution in [0.25, 0.3) is 11.0 Å². The molecule has 1 atom stereocenters. The highest BCUT2D eigenvalue weighted by atomic mass is 15.1. The molecule has 0 N–H and O–H groups in total. The molecular weight excluding hydrogens is 268 g/mol. The predicted octanol–water partition coefficient (Wildman–Crippen LogP) is 5.33. The van der Waals surface area contributed by atoms with Crippen LogP contribution in [0.2, 0.25) is 0 Å². The molecule has 0 saturated heterocycles. The molecule has 0 bridgehead atoms. The Hall–Kier alpha value is -2.09. The van der Waals surface area contributed by atoms with E-state index >= 15 is 0 Å². The summed E-state index contributed by atoms with van der Waals surface area (Å²) in [6, 6.07) is 17.5. The van der Waals surface area contributed by atoms with Gasteiger partial charge < -0.3 is 4.57 Å². The van der Waals surface area contributed by atoms with Gasteiger partial charge in [0.1, 0.15) is 5.65 Å². The minimum absolute atomic E-state index is 0.0862. The Bertz CT molecular complexity index is 763. The standard InChI is InChI=1S/C20H24N2/c1-5-17(15-10-7-6-8-11-15)22-18(20(2,3)4)14-16-12-9-13-21-19(16)22/h6-14,17H,5H2,1-4H3/t17-/m1/s1. The van der Waals surface area contributed by atoms with Gasteiger partial charge in [0.2, 0.25) is 0 Å². The number of aromatic nitrogens is 2. The molecule has 1 aromatic carbocycles. The van der Waals surface area contributed by atoms with Crippen LogP contribution >= 0.6 is 0 Å². The molecule has 3 rings (SSSR count). The third kappa shape index (κ3) is 2.54. The van der Waals surface area contributed by atoms with Crippen molar-refractivity contribution in [2.24, 2.45) is 0 Å². The van der Waals surface area contributed by atoms with Crippen LogP contribution < -0.4 is 0 Å². The smallest absolute Gasteiger partial charge is 0.140 e. The highest BCUT2D eigenvalue weighted by molar-refractivity contribution is 5.78. The molecule has 2 heterocycles. The minimum Gasteiger partial charge on any atom is -0.322 e. The zero-order valence-corrected chi connectivity index (χ0v) is 13.9. The van der Waals surface area contributed by atoms with Gasteiger partial charge in [0.25, 0.3) is 0 Å². The van der Waals surface area contributed by atoms with E-state index in [-0.39, 0.29) is 5.41 Å². The normalized spacial score (nSPS) is 13.5. The highest BCUT2D eigenvalue weighted by Crippen LogP contribution is 2.35. The molecule has 0 saturated carbocycles. The third-order valence-electron chi connectivity index (χ3n) is 4.25. The average Bonchev–Trinajstić information content (AvgIpc) is 2.89. The lowest BCUT2D eigenvalue weighted by atomic mass is 9.91. The molecule has 0 aliphatic carbocycles. The van der Waals surface area contributed by atoms with Crippen molar-refractivity contribution in [1.82, 2.24) is 9.55 Å². The first-order valence-electron chi connectivity index (χ1n) is 8.03. The maximum atomic E-state index is 4.67. The molecule has 0 aliphatic rings. The Labute approximate surface area is 132 Å².